The highest BCUT2D eigenvalue weighted by Gasteiger charge is 2.27. The van der Waals surface area contributed by atoms with E-state index in [1.807, 2.05) is 11.4 Å². The van der Waals surface area contributed by atoms with Crippen molar-refractivity contribution in [2.75, 3.05) is 24.5 Å². The van der Waals surface area contributed by atoms with Gasteiger partial charge in [-0.3, -0.25) is 9.59 Å². The van der Waals surface area contributed by atoms with Crippen LogP contribution in [0, 0.1) is 5.92 Å². The average molecular weight is 334 g/mol. The van der Waals surface area contributed by atoms with E-state index in [0.717, 1.165) is 35.4 Å². The fourth-order valence-corrected chi connectivity index (χ4v) is 3.58. The predicted molar refractivity (Wildman–Crippen MR) is 87.6 cm³/mol. The lowest BCUT2D eigenvalue weighted by Crippen LogP contribution is -2.43. The van der Waals surface area contributed by atoms with Gasteiger partial charge in [0.25, 0.3) is 0 Å². The van der Waals surface area contributed by atoms with E-state index in [4.69, 9.17) is 5.11 Å². The quantitative estimate of drug-likeness (QED) is 0.860. The lowest BCUT2D eigenvalue weighted by molar-refractivity contribution is -0.137. The molecular weight excluding hydrogens is 316 g/mol. The number of carboxylic acids is 1. The van der Waals surface area contributed by atoms with E-state index in [-0.39, 0.29) is 24.8 Å². The van der Waals surface area contributed by atoms with Crippen molar-refractivity contribution < 1.29 is 14.7 Å². The van der Waals surface area contributed by atoms with Crippen molar-refractivity contribution in [2.45, 2.75) is 19.3 Å². The average Bonchev–Trinajstić information content (AvgIpc) is 3.03. The van der Waals surface area contributed by atoms with Gasteiger partial charge in [-0.2, -0.15) is 0 Å². The van der Waals surface area contributed by atoms with Crippen LogP contribution in [0.5, 0.6) is 0 Å². The van der Waals surface area contributed by atoms with Gasteiger partial charge < -0.3 is 15.3 Å². The van der Waals surface area contributed by atoms with Crippen molar-refractivity contribution >= 4 is 39.2 Å². The Morgan fingerprint density at radius 1 is 1.43 bits per heavy atom. The fourth-order valence-electron chi connectivity index (χ4n) is 2.85. The Morgan fingerprint density at radius 2 is 2.30 bits per heavy atom. The molecule has 0 saturated carbocycles. The number of carbonyl (C=O) groups is 2. The molecule has 0 spiro atoms. The number of rotatable bonds is 5. The lowest BCUT2D eigenvalue weighted by atomic mass is 9.97. The van der Waals surface area contributed by atoms with E-state index in [1.165, 1.54) is 0 Å². The van der Waals surface area contributed by atoms with Gasteiger partial charge in [-0.05, 0) is 24.3 Å². The van der Waals surface area contributed by atoms with Gasteiger partial charge in [-0.25, -0.2) is 9.97 Å². The summed E-state index contributed by atoms with van der Waals surface area (Å²) in [6.07, 6.45) is 3.23. The molecule has 1 fully saturated rings. The summed E-state index contributed by atoms with van der Waals surface area (Å²) in [5, 5.41) is 14.4. The third-order valence-electron chi connectivity index (χ3n) is 3.97. The molecule has 122 valence electrons. The Labute approximate surface area is 137 Å². The molecule has 1 aliphatic rings. The van der Waals surface area contributed by atoms with Crippen molar-refractivity contribution in [1.82, 2.24) is 15.3 Å². The fraction of sp³-hybridized carbons (Fsp3) is 0.467. The number of nitrogens with zero attached hydrogens (tertiary/aromatic N) is 3. The van der Waals surface area contributed by atoms with E-state index in [1.54, 1.807) is 17.7 Å². The second kappa shape index (κ2) is 6.91. The van der Waals surface area contributed by atoms with Crippen molar-refractivity contribution in [2.24, 2.45) is 5.92 Å². The number of carbonyl (C=O) groups excluding carboxylic acids is 1. The summed E-state index contributed by atoms with van der Waals surface area (Å²) in [6, 6.07) is 2.01. The number of hydrogen-bond acceptors (Lipinski definition) is 6. The van der Waals surface area contributed by atoms with Crippen molar-refractivity contribution in [1.29, 1.82) is 0 Å². The second-order valence-corrected chi connectivity index (χ2v) is 6.45. The van der Waals surface area contributed by atoms with Crippen LogP contribution in [0.1, 0.15) is 19.3 Å². The first-order valence-electron chi connectivity index (χ1n) is 7.58. The third kappa shape index (κ3) is 3.58. The van der Waals surface area contributed by atoms with Gasteiger partial charge in [0.05, 0.1) is 17.7 Å². The number of aromatic nitrogens is 2. The van der Waals surface area contributed by atoms with Crippen LogP contribution < -0.4 is 10.2 Å². The molecule has 1 saturated heterocycles. The molecule has 8 heteroatoms. The Morgan fingerprint density at radius 3 is 3.13 bits per heavy atom. The van der Waals surface area contributed by atoms with E-state index in [9.17, 15) is 9.59 Å². The molecule has 1 atom stereocenters. The van der Waals surface area contributed by atoms with E-state index >= 15 is 0 Å². The maximum Gasteiger partial charge on any atom is 0.305 e. The zero-order valence-corrected chi connectivity index (χ0v) is 13.4. The highest BCUT2D eigenvalue weighted by molar-refractivity contribution is 7.16. The van der Waals surface area contributed by atoms with Crippen LogP contribution in [0.3, 0.4) is 0 Å². The first-order chi connectivity index (χ1) is 11.1. The van der Waals surface area contributed by atoms with Crippen molar-refractivity contribution in [3.05, 3.63) is 17.8 Å². The number of amides is 1. The second-order valence-electron chi connectivity index (χ2n) is 5.56. The predicted octanol–water partition coefficient (Wildman–Crippen LogP) is 1.50. The Balaban J connectivity index is 1.67. The number of nitrogens with one attached hydrogen (secondary N) is 1. The highest BCUT2D eigenvalue weighted by Crippen LogP contribution is 2.29. The zero-order chi connectivity index (χ0) is 16.2. The van der Waals surface area contributed by atoms with Gasteiger partial charge in [0.2, 0.25) is 5.91 Å². The molecule has 2 aromatic rings. The van der Waals surface area contributed by atoms with Gasteiger partial charge in [0, 0.05) is 19.6 Å². The number of thiophene rings is 1. The van der Waals surface area contributed by atoms with Crippen LogP contribution >= 0.6 is 11.3 Å². The summed E-state index contributed by atoms with van der Waals surface area (Å²) in [5.41, 5.74) is 0. The molecule has 2 N–H and O–H groups in total. The van der Waals surface area contributed by atoms with Crippen LogP contribution in [0.15, 0.2) is 17.8 Å². The van der Waals surface area contributed by atoms with Crippen LogP contribution in [0.2, 0.25) is 0 Å². The molecule has 1 aliphatic heterocycles. The first kappa shape index (κ1) is 15.7. The Bertz CT molecular complexity index is 718. The van der Waals surface area contributed by atoms with Gasteiger partial charge in [-0.1, -0.05) is 0 Å². The molecular formula is C15H18N4O3S. The number of carboxylic acid groups (broad SMARTS) is 1. The number of piperidine rings is 1. The van der Waals surface area contributed by atoms with Crippen LogP contribution in [-0.4, -0.2) is 46.6 Å². The third-order valence-corrected chi connectivity index (χ3v) is 4.79. The van der Waals surface area contributed by atoms with Crippen LogP contribution in [-0.2, 0) is 9.59 Å². The largest absolute Gasteiger partial charge is 0.481 e. The van der Waals surface area contributed by atoms with E-state index in [2.05, 4.69) is 20.2 Å². The van der Waals surface area contributed by atoms with Gasteiger partial charge in [0.15, 0.2) is 0 Å². The summed E-state index contributed by atoms with van der Waals surface area (Å²) in [6.45, 7) is 1.63. The summed E-state index contributed by atoms with van der Waals surface area (Å²) >= 11 is 1.57. The molecule has 23 heavy (non-hydrogen) atoms. The molecule has 0 radical (unpaired) electrons. The topological polar surface area (TPSA) is 95.4 Å². The number of hydrogen-bond donors (Lipinski definition) is 2. The molecule has 1 unspecified atom stereocenters. The first-order valence-corrected chi connectivity index (χ1v) is 8.46. The molecule has 1 amide bonds. The van der Waals surface area contributed by atoms with Crippen molar-refractivity contribution in [3.63, 3.8) is 0 Å². The number of fused-ring (bicyclic) bond motifs is 1. The normalized spacial score (nSPS) is 18.1. The summed E-state index contributed by atoms with van der Waals surface area (Å²) in [5.74, 6) is -0.247. The van der Waals surface area contributed by atoms with E-state index < -0.39 is 5.97 Å². The van der Waals surface area contributed by atoms with Gasteiger partial charge >= 0.3 is 5.97 Å². The minimum absolute atomic E-state index is 0.0520. The Kier molecular flexibility index (Phi) is 4.71. The monoisotopic (exact) mass is 334 g/mol. The molecule has 3 rings (SSSR count). The molecule has 7 nitrogen and oxygen atoms in total. The maximum absolute atomic E-state index is 12.2. The molecule has 0 bridgehead atoms. The lowest BCUT2D eigenvalue weighted by Gasteiger charge is -2.33. The Hall–Kier alpha value is -2.22. The smallest absolute Gasteiger partial charge is 0.305 e. The molecule has 0 aromatic carbocycles. The van der Waals surface area contributed by atoms with Crippen molar-refractivity contribution in [3.8, 4) is 0 Å². The number of aliphatic carboxylic acids is 1. The van der Waals surface area contributed by atoms with Crippen LogP contribution in [0.25, 0.3) is 10.2 Å². The molecule has 2 aromatic heterocycles. The minimum Gasteiger partial charge on any atom is -0.481 e. The van der Waals surface area contributed by atoms with E-state index in [0.29, 0.717) is 6.54 Å². The minimum atomic E-state index is -0.906. The SMILES string of the molecule is O=C(O)CCNC(=O)C1CCCN(c2ncnc3sccc23)C1. The molecule has 0 aliphatic carbocycles. The number of anilines is 1. The zero-order valence-electron chi connectivity index (χ0n) is 12.6. The standard InChI is InChI=1S/C15H18N4O3S/c20-12(21)3-5-16-14(22)10-2-1-6-19(8-10)13-11-4-7-23-15(11)18-9-17-13/h4,7,9-10H,1-3,5-6,8H2,(H,16,22)(H,20,21). The molecule has 3 heterocycles. The highest BCUT2D eigenvalue weighted by atomic mass is 32.1. The van der Waals surface area contributed by atoms with Crippen LogP contribution in [0.4, 0.5) is 5.82 Å². The van der Waals surface area contributed by atoms with Gasteiger partial charge in [0.1, 0.15) is 17.0 Å². The summed E-state index contributed by atoms with van der Waals surface area (Å²) in [7, 11) is 0. The maximum atomic E-state index is 12.2. The van der Waals surface area contributed by atoms with Gasteiger partial charge in [-0.15, -0.1) is 11.3 Å². The summed E-state index contributed by atoms with van der Waals surface area (Å²) in [4.78, 5) is 34.5. The summed E-state index contributed by atoms with van der Waals surface area (Å²) < 4.78 is 0.